The molecule has 2 aromatic rings. The van der Waals surface area contributed by atoms with E-state index in [1.54, 1.807) is 7.11 Å². The molecule has 0 aromatic heterocycles. The van der Waals surface area contributed by atoms with Gasteiger partial charge in [-0.15, -0.1) is 0 Å². The molecule has 3 heteroatoms. The van der Waals surface area contributed by atoms with Crippen LogP contribution in [0, 0.1) is 0 Å². The summed E-state index contributed by atoms with van der Waals surface area (Å²) in [4.78, 5) is 0. The van der Waals surface area contributed by atoms with Crippen LogP contribution in [0.15, 0.2) is 42.5 Å². The van der Waals surface area contributed by atoms with Gasteiger partial charge in [0.05, 0.1) is 7.11 Å². The fourth-order valence-corrected chi connectivity index (χ4v) is 1.99. The number of benzene rings is 2. The summed E-state index contributed by atoms with van der Waals surface area (Å²) in [6, 6.07) is 13.6. The Labute approximate surface area is 112 Å². The molecule has 94 valence electrons. The zero-order valence-corrected chi connectivity index (χ0v) is 10.9. The van der Waals surface area contributed by atoms with Crippen LogP contribution in [0.3, 0.4) is 0 Å². The second-order valence-corrected chi connectivity index (χ2v) is 4.49. The van der Waals surface area contributed by atoms with Crippen LogP contribution in [-0.4, -0.2) is 18.8 Å². The van der Waals surface area contributed by atoms with Gasteiger partial charge in [0.1, 0.15) is 5.75 Å². The van der Waals surface area contributed by atoms with E-state index in [0.29, 0.717) is 6.42 Å². The second kappa shape index (κ2) is 5.89. The summed E-state index contributed by atoms with van der Waals surface area (Å²) in [5.74, 6) is 0.797. The third-order valence-corrected chi connectivity index (χ3v) is 3.03. The van der Waals surface area contributed by atoms with Gasteiger partial charge >= 0.3 is 0 Å². The summed E-state index contributed by atoms with van der Waals surface area (Å²) < 4.78 is 5.28. The number of methoxy groups -OCH3 is 1. The Morgan fingerprint density at radius 1 is 1.06 bits per heavy atom. The van der Waals surface area contributed by atoms with Gasteiger partial charge < -0.3 is 9.84 Å². The zero-order valence-electron chi connectivity index (χ0n) is 10.2. The molecule has 0 aliphatic rings. The first-order valence-corrected chi connectivity index (χ1v) is 6.15. The van der Waals surface area contributed by atoms with E-state index < -0.39 is 0 Å². The number of hydrogen-bond donors (Lipinski definition) is 1. The van der Waals surface area contributed by atoms with Crippen molar-refractivity contribution in [3.05, 3.63) is 53.1 Å². The van der Waals surface area contributed by atoms with Crippen LogP contribution in [0.5, 0.6) is 5.75 Å². The highest BCUT2D eigenvalue weighted by Crippen LogP contribution is 2.27. The van der Waals surface area contributed by atoms with Gasteiger partial charge in [-0.2, -0.15) is 0 Å². The van der Waals surface area contributed by atoms with Crippen LogP contribution < -0.4 is 4.74 Å². The molecule has 0 aliphatic carbocycles. The fourth-order valence-electron chi connectivity index (χ4n) is 1.86. The smallest absolute Gasteiger partial charge is 0.119 e. The number of halogens is 1. The highest BCUT2D eigenvalue weighted by atomic mass is 35.5. The Bertz CT molecular complexity index is 521. The third kappa shape index (κ3) is 3.03. The van der Waals surface area contributed by atoms with Crippen molar-refractivity contribution in [2.75, 3.05) is 13.7 Å². The minimum Gasteiger partial charge on any atom is -0.497 e. The lowest BCUT2D eigenvalue weighted by atomic mass is 10.0. The average Bonchev–Trinajstić information content (AvgIpc) is 2.39. The van der Waals surface area contributed by atoms with Gasteiger partial charge in [0.15, 0.2) is 0 Å². The van der Waals surface area contributed by atoms with Gasteiger partial charge in [0.25, 0.3) is 0 Å². The summed E-state index contributed by atoms with van der Waals surface area (Å²) in [6.45, 7) is 0.132. The average molecular weight is 263 g/mol. The first kappa shape index (κ1) is 12.9. The molecule has 0 amide bonds. The summed E-state index contributed by atoms with van der Waals surface area (Å²) in [5, 5.41) is 9.74. The van der Waals surface area contributed by atoms with Gasteiger partial charge in [0, 0.05) is 11.6 Å². The van der Waals surface area contributed by atoms with Crippen LogP contribution in [0.4, 0.5) is 0 Å². The maximum absolute atomic E-state index is 9.02. The van der Waals surface area contributed by atoms with Crippen molar-refractivity contribution in [1.82, 2.24) is 0 Å². The number of aliphatic hydroxyl groups excluding tert-OH is 1. The van der Waals surface area contributed by atoms with E-state index in [1.807, 2.05) is 36.4 Å². The van der Waals surface area contributed by atoms with Crippen molar-refractivity contribution in [2.45, 2.75) is 6.42 Å². The van der Waals surface area contributed by atoms with Crippen LogP contribution in [0.1, 0.15) is 5.56 Å². The predicted octanol–water partition coefficient (Wildman–Crippen LogP) is 3.55. The molecule has 0 fully saturated rings. The monoisotopic (exact) mass is 262 g/mol. The molecule has 2 aromatic carbocycles. The maximum Gasteiger partial charge on any atom is 0.119 e. The van der Waals surface area contributed by atoms with Crippen molar-refractivity contribution in [2.24, 2.45) is 0 Å². The number of aliphatic hydroxyl groups is 1. The van der Waals surface area contributed by atoms with Crippen molar-refractivity contribution in [3.8, 4) is 16.9 Å². The number of ether oxygens (including phenoxy) is 1. The predicted molar refractivity (Wildman–Crippen MR) is 74.2 cm³/mol. The molecule has 2 nitrogen and oxygen atoms in total. The molecule has 0 spiro atoms. The highest BCUT2D eigenvalue weighted by Gasteiger charge is 2.04. The molecular weight excluding hydrogens is 248 g/mol. The minimum atomic E-state index is 0.132. The largest absolute Gasteiger partial charge is 0.497 e. The highest BCUT2D eigenvalue weighted by molar-refractivity contribution is 6.30. The first-order chi connectivity index (χ1) is 8.72. The first-order valence-electron chi connectivity index (χ1n) is 5.77. The lowest BCUT2D eigenvalue weighted by Gasteiger charge is -2.09. The van der Waals surface area contributed by atoms with Crippen molar-refractivity contribution in [3.63, 3.8) is 0 Å². The van der Waals surface area contributed by atoms with E-state index >= 15 is 0 Å². The van der Waals surface area contributed by atoms with Gasteiger partial charge in [-0.25, -0.2) is 0 Å². The van der Waals surface area contributed by atoms with Crippen molar-refractivity contribution >= 4 is 11.6 Å². The van der Waals surface area contributed by atoms with Crippen LogP contribution in [0.2, 0.25) is 5.02 Å². The van der Waals surface area contributed by atoms with E-state index in [-0.39, 0.29) is 6.61 Å². The van der Waals surface area contributed by atoms with Crippen LogP contribution >= 0.6 is 11.6 Å². The molecule has 0 heterocycles. The summed E-state index contributed by atoms with van der Waals surface area (Å²) >= 11 is 5.88. The Balaban J connectivity index is 2.42. The molecule has 0 radical (unpaired) electrons. The van der Waals surface area contributed by atoms with E-state index in [9.17, 15) is 0 Å². The van der Waals surface area contributed by atoms with Gasteiger partial charge in [-0.3, -0.25) is 0 Å². The Morgan fingerprint density at radius 2 is 1.78 bits per heavy atom. The van der Waals surface area contributed by atoms with Gasteiger partial charge in [-0.1, -0.05) is 29.8 Å². The number of rotatable bonds is 4. The molecule has 0 bridgehead atoms. The molecule has 2 rings (SSSR count). The minimum absolute atomic E-state index is 0.132. The Hall–Kier alpha value is -1.51. The zero-order chi connectivity index (χ0) is 13.0. The van der Waals surface area contributed by atoms with E-state index in [4.69, 9.17) is 21.4 Å². The third-order valence-electron chi connectivity index (χ3n) is 2.78. The fraction of sp³-hybridized carbons (Fsp3) is 0.200. The lowest BCUT2D eigenvalue weighted by molar-refractivity contribution is 0.299. The molecule has 0 saturated carbocycles. The maximum atomic E-state index is 9.02. The molecule has 0 unspecified atom stereocenters. The van der Waals surface area contributed by atoms with Gasteiger partial charge in [0.2, 0.25) is 0 Å². The molecule has 0 saturated heterocycles. The van der Waals surface area contributed by atoms with Gasteiger partial charge in [-0.05, 0) is 47.4 Å². The second-order valence-electron chi connectivity index (χ2n) is 4.05. The van der Waals surface area contributed by atoms with E-state index in [2.05, 4.69) is 6.07 Å². The Kier molecular flexibility index (Phi) is 4.24. The summed E-state index contributed by atoms with van der Waals surface area (Å²) in [7, 11) is 1.64. The summed E-state index contributed by atoms with van der Waals surface area (Å²) in [5.41, 5.74) is 3.20. The Morgan fingerprint density at radius 3 is 2.39 bits per heavy atom. The van der Waals surface area contributed by atoms with Crippen molar-refractivity contribution < 1.29 is 9.84 Å². The quantitative estimate of drug-likeness (QED) is 0.913. The molecule has 0 atom stereocenters. The standard InChI is InChI=1S/C15H15ClO2/c1-18-15-9-11(6-7-17)8-13(10-15)12-2-4-14(16)5-3-12/h2-5,8-10,17H,6-7H2,1H3. The molecular formula is C15H15ClO2. The van der Waals surface area contributed by atoms with E-state index in [1.165, 1.54) is 0 Å². The topological polar surface area (TPSA) is 29.5 Å². The van der Waals surface area contributed by atoms with Crippen LogP contribution in [0.25, 0.3) is 11.1 Å². The molecule has 0 aliphatic heterocycles. The molecule has 18 heavy (non-hydrogen) atoms. The molecule has 1 N–H and O–H groups in total. The summed E-state index contributed by atoms with van der Waals surface area (Å²) in [6.07, 6.45) is 0.623. The number of hydrogen-bond acceptors (Lipinski definition) is 2. The van der Waals surface area contributed by atoms with E-state index in [0.717, 1.165) is 27.5 Å². The van der Waals surface area contributed by atoms with Crippen molar-refractivity contribution in [1.29, 1.82) is 0 Å². The SMILES string of the molecule is COc1cc(CCO)cc(-c2ccc(Cl)cc2)c1. The lowest BCUT2D eigenvalue weighted by Crippen LogP contribution is -1.93. The normalized spacial score (nSPS) is 10.4. The van der Waals surface area contributed by atoms with Crippen LogP contribution in [-0.2, 0) is 6.42 Å².